The molecule has 6 aliphatic rings. The Balaban J connectivity index is 0.000000136. The first-order chi connectivity index (χ1) is 28.6. The number of amides is 6. The van der Waals surface area contributed by atoms with Gasteiger partial charge in [0.1, 0.15) is 0 Å². The van der Waals surface area contributed by atoms with Gasteiger partial charge >= 0.3 is 0 Å². The lowest BCUT2D eigenvalue weighted by molar-refractivity contribution is 0.0651. The van der Waals surface area contributed by atoms with Gasteiger partial charge in [-0.3, -0.25) is 48.3 Å². The van der Waals surface area contributed by atoms with Crippen molar-refractivity contribution in [1.29, 1.82) is 0 Å². The van der Waals surface area contributed by atoms with Crippen molar-refractivity contribution in [3.63, 3.8) is 0 Å². The lowest BCUT2D eigenvalue weighted by Crippen LogP contribution is -2.39. The van der Waals surface area contributed by atoms with Crippen molar-refractivity contribution in [2.75, 3.05) is 31.5 Å². The van der Waals surface area contributed by atoms with Gasteiger partial charge in [-0.05, 0) is 61.1 Å². The van der Waals surface area contributed by atoms with E-state index in [4.69, 9.17) is 0 Å². The van der Waals surface area contributed by atoms with Gasteiger partial charge in [0.25, 0.3) is 35.4 Å². The number of hydrogen-bond acceptors (Lipinski definition) is 8. The third-order valence-corrected chi connectivity index (χ3v) is 11.8. The highest BCUT2D eigenvalue weighted by atomic mass is 79.9. The maximum Gasteiger partial charge on any atom is 0.261 e. The Bertz CT molecular complexity index is 2360. The summed E-state index contributed by atoms with van der Waals surface area (Å²) in [4.78, 5) is 79.3. The minimum absolute atomic E-state index is 0.0197. The van der Waals surface area contributed by atoms with Crippen LogP contribution in [0.1, 0.15) is 99.2 Å². The Morgan fingerprint density at radius 1 is 0.627 bits per heavy atom. The Hall–Kier alpha value is -6.10. The third kappa shape index (κ3) is 7.78. The fourth-order valence-electron chi connectivity index (χ4n) is 7.71. The first-order valence-corrected chi connectivity index (χ1v) is 20.5. The zero-order valence-electron chi connectivity index (χ0n) is 31.8. The standard InChI is InChI=1S/C21H19FN4O3.C12H9BrFNO2.C9H11N3O/c22-9-13(11-25-19(27)15-3-1-2-4-16(15)20(25)28)12-26-18-7-8-24(14-5-6-14)21(29)17(18)10-23-26;13-5-8(6-14)7-15-11(16)9-3-1-2-4-10(9)12(15)17;13-9-7-5-10-11-8(7)3-4-12(9)6-1-2-6/h1-4,9-10,14H,5-8,11-12H2;1-4,6H,5,7H2;5-6H,1-4H2,(H,10,11)/b13-9+;8-6-;. The number of H-pyrrole nitrogens is 1. The molecule has 6 heterocycles. The van der Waals surface area contributed by atoms with E-state index in [1.807, 2.05) is 9.80 Å². The lowest BCUT2D eigenvalue weighted by atomic mass is 10.1. The first kappa shape index (κ1) is 39.7. The van der Waals surface area contributed by atoms with Gasteiger partial charge in [-0.15, -0.1) is 0 Å². The van der Waals surface area contributed by atoms with E-state index < -0.39 is 11.8 Å². The number of aromatic amines is 1. The van der Waals surface area contributed by atoms with Gasteiger partial charge in [-0.25, -0.2) is 8.78 Å². The van der Waals surface area contributed by atoms with E-state index in [1.54, 1.807) is 59.4 Å². The molecule has 14 nitrogen and oxygen atoms in total. The normalized spacial score (nSPS) is 18.6. The Morgan fingerprint density at radius 3 is 1.58 bits per heavy atom. The number of rotatable bonds is 9. The van der Waals surface area contributed by atoms with Gasteiger partial charge in [0.15, 0.2) is 0 Å². The molecule has 1 N–H and O–H groups in total. The van der Waals surface area contributed by atoms with Crippen LogP contribution >= 0.6 is 15.9 Å². The molecule has 4 aromatic rings. The van der Waals surface area contributed by atoms with E-state index in [2.05, 4.69) is 31.2 Å². The van der Waals surface area contributed by atoms with Gasteiger partial charge < -0.3 is 9.80 Å². The van der Waals surface area contributed by atoms with Crippen molar-refractivity contribution in [2.45, 2.75) is 57.2 Å². The molecule has 0 unspecified atom stereocenters. The van der Waals surface area contributed by atoms with E-state index in [0.717, 1.165) is 52.6 Å². The minimum Gasteiger partial charge on any atom is -0.335 e. The number of carbonyl (C=O) groups excluding carboxylic acids is 6. The van der Waals surface area contributed by atoms with Crippen LogP contribution in [0.4, 0.5) is 8.78 Å². The number of hydrogen-bond donors (Lipinski definition) is 1. The predicted octanol–water partition coefficient (Wildman–Crippen LogP) is 5.29. The van der Waals surface area contributed by atoms with Gasteiger partial charge in [0.05, 0.1) is 83.8 Å². The second-order valence-electron chi connectivity index (χ2n) is 15.0. The average molecular weight is 870 g/mol. The maximum atomic E-state index is 13.6. The summed E-state index contributed by atoms with van der Waals surface area (Å²) in [6.07, 6.45) is 10.0. The molecular weight excluding hydrogens is 830 g/mol. The van der Waals surface area contributed by atoms with Crippen LogP contribution in [-0.4, -0.2) is 119 Å². The molecular formula is C42H39BrF2N8O6. The second kappa shape index (κ2) is 16.6. The number of imide groups is 2. The Labute approximate surface area is 345 Å². The summed E-state index contributed by atoms with van der Waals surface area (Å²) in [5.41, 5.74) is 5.11. The summed E-state index contributed by atoms with van der Waals surface area (Å²) >= 11 is 3.10. The van der Waals surface area contributed by atoms with Gasteiger partial charge in [0, 0.05) is 49.0 Å². The molecule has 59 heavy (non-hydrogen) atoms. The molecule has 304 valence electrons. The van der Waals surface area contributed by atoms with Gasteiger partial charge in [0.2, 0.25) is 0 Å². The number of alkyl halides is 1. The van der Waals surface area contributed by atoms with Crippen molar-refractivity contribution < 1.29 is 37.5 Å². The molecule has 2 saturated carbocycles. The molecule has 10 rings (SSSR count). The molecule has 0 atom stereocenters. The summed E-state index contributed by atoms with van der Waals surface area (Å²) in [5.74, 6) is -1.45. The quantitative estimate of drug-likeness (QED) is 0.175. The zero-order chi connectivity index (χ0) is 41.4. The first-order valence-electron chi connectivity index (χ1n) is 19.3. The van der Waals surface area contributed by atoms with Crippen molar-refractivity contribution in [3.8, 4) is 0 Å². The summed E-state index contributed by atoms with van der Waals surface area (Å²) < 4.78 is 27.7. The molecule has 0 bridgehead atoms. The minimum atomic E-state index is -0.428. The highest BCUT2D eigenvalue weighted by molar-refractivity contribution is 9.09. The number of benzene rings is 2. The molecule has 0 saturated heterocycles. The Kier molecular flexibility index (Phi) is 11.2. The number of carbonyl (C=O) groups is 6. The molecule has 2 aromatic heterocycles. The van der Waals surface area contributed by atoms with E-state index in [9.17, 15) is 37.5 Å². The number of fused-ring (bicyclic) bond motifs is 4. The van der Waals surface area contributed by atoms with Crippen LogP contribution in [0.25, 0.3) is 0 Å². The van der Waals surface area contributed by atoms with Crippen LogP contribution in [0.2, 0.25) is 0 Å². The van der Waals surface area contributed by atoms with Crippen molar-refractivity contribution in [2.24, 2.45) is 0 Å². The van der Waals surface area contributed by atoms with Crippen molar-refractivity contribution in [1.82, 2.24) is 39.6 Å². The van der Waals surface area contributed by atoms with E-state index in [-0.39, 0.29) is 54.2 Å². The number of halogens is 3. The summed E-state index contributed by atoms with van der Waals surface area (Å²) in [7, 11) is 0. The Morgan fingerprint density at radius 2 is 1.10 bits per heavy atom. The largest absolute Gasteiger partial charge is 0.335 e. The second-order valence-corrected chi connectivity index (χ2v) is 15.6. The molecule has 2 aromatic carbocycles. The molecule has 6 amide bonds. The van der Waals surface area contributed by atoms with E-state index in [1.165, 1.54) is 19.0 Å². The number of aromatic nitrogens is 4. The van der Waals surface area contributed by atoms with Crippen LogP contribution in [0.5, 0.6) is 0 Å². The average Bonchev–Trinajstić information content (AvgIpc) is 4.17. The summed E-state index contributed by atoms with van der Waals surface area (Å²) in [6.45, 7) is 1.40. The SMILES string of the molecule is O=C1c2ccccc2C(=O)N1C/C(=C\F)CBr.O=C1c2ccccc2C(=O)N1C/C(=C\F)Cn1ncc2c1CCN(C1CC1)C2=O.O=C1c2cn[nH]c2CCN1C1CC1. The van der Waals surface area contributed by atoms with Crippen LogP contribution in [0.15, 0.2) is 84.7 Å². The van der Waals surface area contributed by atoms with Crippen LogP contribution < -0.4 is 0 Å². The molecule has 4 aliphatic heterocycles. The van der Waals surface area contributed by atoms with Crippen LogP contribution in [0, 0.1) is 0 Å². The lowest BCUT2D eigenvalue weighted by Gasteiger charge is -2.27. The topological polar surface area (TPSA) is 162 Å². The highest BCUT2D eigenvalue weighted by Crippen LogP contribution is 2.33. The summed E-state index contributed by atoms with van der Waals surface area (Å²) in [5, 5.41) is 11.3. The fraction of sp³-hybridized carbons (Fsp3) is 0.333. The molecule has 0 spiro atoms. The summed E-state index contributed by atoms with van der Waals surface area (Å²) in [6, 6.07) is 14.0. The van der Waals surface area contributed by atoms with Gasteiger partial charge in [-0.1, -0.05) is 40.2 Å². The predicted molar refractivity (Wildman–Crippen MR) is 212 cm³/mol. The molecule has 2 fully saturated rings. The molecule has 2 aliphatic carbocycles. The third-order valence-electron chi connectivity index (χ3n) is 11.1. The number of nitrogens with one attached hydrogen (secondary N) is 1. The van der Waals surface area contributed by atoms with Crippen molar-refractivity contribution >= 4 is 51.4 Å². The van der Waals surface area contributed by atoms with Crippen LogP contribution in [-0.2, 0) is 19.4 Å². The monoisotopic (exact) mass is 868 g/mol. The zero-order valence-corrected chi connectivity index (χ0v) is 33.4. The van der Waals surface area contributed by atoms with Crippen molar-refractivity contribution in [3.05, 3.63) is 129 Å². The van der Waals surface area contributed by atoms with Crippen LogP contribution in [0.3, 0.4) is 0 Å². The maximum absolute atomic E-state index is 13.6. The fourth-order valence-corrected chi connectivity index (χ4v) is 8.01. The molecule has 0 radical (unpaired) electrons. The van der Waals surface area contributed by atoms with Gasteiger partial charge in [-0.2, -0.15) is 10.2 Å². The van der Waals surface area contributed by atoms with E-state index in [0.29, 0.717) is 71.1 Å². The number of nitrogens with zero attached hydrogens (tertiary/aromatic N) is 7. The smallest absolute Gasteiger partial charge is 0.261 e. The van der Waals surface area contributed by atoms with E-state index >= 15 is 0 Å². The molecule has 17 heteroatoms. The highest BCUT2D eigenvalue weighted by Gasteiger charge is 2.40.